The topological polar surface area (TPSA) is 69.3 Å². The molecule has 146 valence electrons. The average Bonchev–Trinajstić information content (AvgIpc) is 2.56. The van der Waals surface area contributed by atoms with Crippen LogP contribution >= 0.6 is 0 Å². The smallest absolute Gasteiger partial charge is 0.412 e. The van der Waals surface area contributed by atoms with Gasteiger partial charge in [-0.1, -0.05) is 0 Å². The van der Waals surface area contributed by atoms with Crippen molar-refractivity contribution in [3.8, 4) is 11.5 Å². The van der Waals surface area contributed by atoms with Crippen LogP contribution in [-0.2, 0) is 9.47 Å². The van der Waals surface area contributed by atoms with Crippen LogP contribution in [0.3, 0.4) is 0 Å². The molecular formula is C19H30N2O5. The standard InChI is InChI=1S/C19H30N2O5/c1-6-24-16-13-15(21-8-10-23-11-9-21)17(25-7-2)12-14(16)20-18(22)26-19(3,4)5/h12-13H,6-11H2,1-5H3,(H,20,22). The molecule has 0 atom stereocenters. The number of hydrogen-bond donors (Lipinski definition) is 1. The highest BCUT2D eigenvalue weighted by Gasteiger charge is 2.22. The molecule has 7 nitrogen and oxygen atoms in total. The lowest BCUT2D eigenvalue weighted by Gasteiger charge is -2.31. The molecule has 1 heterocycles. The van der Waals surface area contributed by atoms with Crippen molar-refractivity contribution in [2.75, 3.05) is 49.7 Å². The molecule has 1 saturated heterocycles. The van der Waals surface area contributed by atoms with Crippen molar-refractivity contribution in [3.63, 3.8) is 0 Å². The summed E-state index contributed by atoms with van der Waals surface area (Å²) in [5, 5.41) is 2.77. The van der Waals surface area contributed by atoms with Gasteiger partial charge in [-0.15, -0.1) is 0 Å². The highest BCUT2D eigenvalue weighted by atomic mass is 16.6. The lowest BCUT2D eigenvalue weighted by molar-refractivity contribution is 0.0635. The molecule has 0 radical (unpaired) electrons. The van der Waals surface area contributed by atoms with Gasteiger partial charge in [0.05, 0.1) is 37.8 Å². The minimum atomic E-state index is -0.577. The molecule has 0 unspecified atom stereocenters. The van der Waals surface area contributed by atoms with E-state index in [0.717, 1.165) is 18.8 Å². The molecule has 26 heavy (non-hydrogen) atoms. The Morgan fingerprint density at radius 3 is 2.31 bits per heavy atom. The van der Waals surface area contributed by atoms with Crippen molar-refractivity contribution in [1.82, 2.24) is 0 Å². The van der Waals surface area contributed by atoms with Gasteiger partial charge in [0.1, 0.15) is 17.1 Å². The first-order valence-electron chi connectivity index (χ1n) is 9.10. The predicted octanol–water partition coefficient (Wildman–Crippen LogP) is 3.67. The summed E-state index contributed by atoms with van der Waals surface area (Å²) in [6.07, 6.45) is -0.528. The van der Waals surface area contributed by atoms with Gasteiger partial charge in [-0.3, -0.25) is 5.32 Å². The maximum atomic E-state index is 12.2. The third-order valence-corrected chi connectivity index (χ3v) is 3.65. The van der Waals surface area contributed by atoms with E-state index in [1.54, 1.807) is 6.07 Å². The van der Waals surface area contributed by atoms with Gasteiger partial charge in [-0.05, 0) is 34.6 Å². The SMILES string of the molecule is CCOc1cc(N2CCOCC2)c(OCC)cc1NC(=O)OC(C)(C)C. The number of hydrogen-bond acceptors (Lipinski definition) is 6. The van der Waals surface area contributed by atoms with E-state index in [0.29, 0.717) is 43.6 Å². The number of benzene rings is 1. The van der Waals surface area contributed by atoms with E-state index in [1.165, 1.54) is 0 Å². The summed E-state index contributed by atoms with van der Waals surface area (Å²) in [7, 11) is 0. The van der Waals surface area contributed by atoms with Crippen molar-refractivity contribution in [2.45, 2.75) is 40.2 Å². The van der Waals surface area contributed by atoms with Crippen LogP contribution in [0.2, 0.25) is 0 Å². The normalized spacial score (nSPS) is 14.7. The van der Waals surface area contributed by atoms with Gasteiger partial charge in [0, 0.05) is 25.2 Å². The summed E-state index contributed by atoms with van der Waals surface area (Å²) in [6, 6.07) is 3.70. The van der Waals surface area contributed by atoms with Crippen LogP contribution in [0.5, 0.6) is 11.5 Å². The van der Waals surface area contributed by atoms with Gasteiger partial charge >= 0.3 is 6.09 Å². The Morgan fingerprint density at radius 1 is 1.12 bits per heavy atom. The second-order valence-electron chi connectivity index (χ2n) is 6.91. The quantitative estimate of drug-likeness (QED) is 0.828. The van der Waals surface area contributed by atoms with Crippen LogP contribution in [0, 0.1) is 0 Å². The van der Waals surface area contributed by atoms with Crippen LogP contribution in [0.1, 0.15) is 34.6 Å². The monoisotopic (exact) mass is 366 g/mol. The van der Waals surface area contributed by atoms with E-state index < -0.39 is 11.7 Å². The third kappa shape index (κ3) is 5.69. The number of nitrogens with zero attached hydrogens (tertiary/aromatic N) is 1. The van der Waals surface area contributed by atoms with E-state index in [4.69, 9.17) is 18.9 Å². The number of ether oxygens (including phenoxy) is 4. The minimum Gasteiger partial charge on any atom is -0.492 e. The number of nitrogens with one attached hydrogen (secondary N) is 1. The van der Waals surface area contributed by atoms with Crippen LogP contribution in [0.15, 0.2) is 12.1 Å². The molecule has 1 amide bonds. The fourth-order valence-electron chi connectivity index (χ4n) is 2.66. The molecule has 1 aliphatic rings. The van der Waals surface area contributed by atoms with Crippen molar-refractivity contribution >= 4 is 17.5 Å². The third-order valence-electron chi connectivity index (χ3n) is 3.65. The first-order valence-corrected chi connectivity index (χ1v) is 9.10. The summed E-state index contributed by atoms with van der Waals surface area (Å²) < 4.78 is 22.3. The van der Waals surface area contributed by atoms with E-state index in [2.05, 4.69) is 10.2 Å². The van der Waals surface area contributed by atoms with Gasteiger partial charge in [0.25, 0.3) is 0 Å². The first-order chi connectivity index (χ1) is 12.3. The molecule has 0 aromatic heterocycles. The summed E-state index contributed by atoms with van der Waals surface area (Å²) in [6.45, 7) is 13.2. The molecule has 1 N–H and O–H groups in total. The summed E-state index contributed by atoms with van der Waals surface area (Å²) >= 11 is 0. The molecule has 0 saturated carbocycles. The van der Waals surface area contributed by atoms with Gasteiger partial charge in [-0.2, -0.15) is 0 Å². The second-order valence-corrected chi connectivity index (χ2v) is 6.91. The maximum Gasteiger partial charge on any atom is 0.412 e. The zero-order valence-corrected chi connectivity index (χ0v) is 16.4. The fourth-order valence-corrected chi connectivity index (χ4v) is 2.66. The zero-order valence-electron chi connectivity index (χ0n) is 16.4. The average molecular weight is 366 g/mol. The lowest BCUT2D eigenvalue weighted by atomic mass is 10.2. The fraction of sp³-hybridized carbons (Fsp3) is 0.632. The molecule has 0 aliphatic carbocycles. The van der Waals surface area contributed by atoms with Crippen LogP contribution in [0.25, 0.3) is 0 Å². The van der Waals surface area contributed by atoms with Crippen molar-refractivity contribution in [3.05, 3.63) is 12.1 Å². The number of carbonyl (C=O) groups excluding carboxylic acids is 1. The zero-order chi connectivity index (χ0) is 19.2. The van der Waals surface area contributed by atoms with Gasteiger partial charge < -0.3 is 23.8 Å². The van der Waals surface area contributed by atoms with Crippen molar-refractivity contribution in [1.29, 1.82) is 0 Å². The molecule has 2 rings (SSSR count). The molecule has 0 bridgehead atoms. The predicted molar refractivity (Wildman–Crippen MR) is 102 cm³/mol. The first kappa shape index (κ1) is 20.2. The second kappa shape index (κ2) is 8.98. The van der Waals surface area contributed by atoms with Crippen molar-refractivity contribution < 1.29 is 23.7 Å². The van der Waals surface area contributed by atoms with Gasteiger partial charge in [0.15, 0.2) is 0 Å². The molecule has 0 spiro atoms. The number of carbonyl (C=O) groups is 1. The Kier molecular flexibility index (Phi) is 6.97. The van der Waals surface area contributed by atoms with Gasteiger partial charge in [-0.25, -0.2) is 4.79 Å². The van der Waals surface area contributed by atoms with Gasteiger partial charge in [0.2, 0.25) is 0 Å². The minimum absolute atomic E-state index is 0.486. The summed E-state index contributed by atoms with van der Waals surface area (Å²) in [4.78, 5) is 14.4. The molecule has 1 aliphatic heterocycles. The number of morpholine rings is 1. The largest absolute Gasteiger partial charge is 0.492 e. The molecular weight excluding hydrogens is 336 g/mol. The highest BCUT2D eigenvalue weighted by molar-refractivity contribution is 5.88. The maximum absolute atomic E-state index is 12.2. The lowest BCUT2D eigenvalue weighted by Crippen LogP contribution is -2.36. The Hall–Kier alpha value is -2.15. The molecule has 1 aromatic carbocycles. The van der Waals surface area contributed by atoms with Crippen LogP contribution < -0.4 is 19.7 Å². The number of amides is 1. The Balaban J connectivity index is 2.33. The molecule has 7 heteroatoms. The van der Waals surface area contributed by atoms with E-state index >= 15 is 0 Å². The number of rotatable bonds is 6. The Bertz CT molecular complexity index is 607. The van der Waals surface area contributed by atoms with Crippen LogP contribution in [-0.4, -0.2) is 51.2 Å². The molecule has 1 fully saturated rings. The van der Waals surface area contributed by atoms with Crippen LogP contribution in [0.4, 0.5) is 16.2 Å². The van der Waals surface area contributed by atoms with Crippen molar-refractivity contribution in [2.24, 2.45) is 0 Å². The van der Waals surface area contributed by atoms with E-state index in [1.807, 2.05) is 40.7 Å². The Morgan fingerprint density at radius 2 is 1.73 bits per heavy atom. The Labute approximate surface area is 155 Å². The summed E-state index contributed by atoms with van der Waals surface area (Å²) in [5.74, 6) is 1.28. The highest BCUT2D eigenvalue weighted by Crippen LogP contribution is 2.39. The molecule has 1 aromatic rings. The van der Waals surface area contributed by atoms with E-state index in [9.17, 15) is 4.79 Å². The number of anilines is 2. The summed E-state index contributed by atoms with van der Waals surface area (Å²) in [5.41, 5.74) is 0.890. The van der Waals surface area contributed by atoms with E-state index in [-0.39, 0.29) is 0 Å².